The number of halogens is 2. The first kappa shape index (κ1) is 12.1. The van der Waals surface area contributed by atoms with Crippen molar-refractivity contribution in [3.05, 3.63) is 57.8 Å². The largest absolute Gasteiger partial charge is 0.321 e. The van der Waals surface area contributed by atoms with Crippen molar-refractivity contribution in [3.8, 4) is 0 Å². The zero-order chi connectivity index (χ0) is 12.3. The van der Waals surface area contributed by atoms with Gasteiger partial charge >= 0.3 is 0 Å². The van der Waals surface area contributed by atoms with Gasteiger partial charge in [-0.3, -0.25) is 9.78 Å². The number of benzene rings is 1. The van der Waals surface area contributed by atoms with Crippen LogP contribution in [0.15, 0.2) is 47.2 Å². The maximum atomic E-state index is 11.8. The lowest BCUT2D eigenvalue weighted by molar-refractivity contribution is 0.102. The number of carbonyl (C=O) groups is 1. The Kier molecular flexibility index (Phi) is 3.76. The molecule has 1 aromatic heterocycles. The van der Waals surface area contributed by atoms with Crippen molar-refractivity contribution in [1.29, 1.82) is 0 Å². The first-order valence-electron chi connectivity index (χ1n) is 4.83. The number of pyridine rings is 1. The van der Waals surface area contributed by atoms with Crippen molar-refractivity contribution >= 4 is 39.1 Å². The van der Waals surface area contributed by atoms with E-state index in [9.17, 15) is 4.79 Å². The fourth-order valence-corrected chi connectivity index (χ4v) is 2.06. The summed E-state index contributed by atoms with van der Waals surface area (Å²) in [5, 5.41) is 3.38. The first-order chi connectivity index (χ1) is 8.16. The maximum absolute atomic E-state index is 11.8. The summed E-state index contributed by atoms with van der Waals surface area (Å²) in [7, 11) is 0. The molecule has 2 aromatic rings. The third-order valence-electron chi connectivity index (χ3n) is 2.10. The van der Waals surface area contributed by atoms with Crippen molar-refractivity contribution in [2.45, 2.75) is 0 Å². The van der Waals surface area contributed by atoms with Gasteiger partial charge in [-0.25, -0.2) is 0 Å². The van der Waals surface area contributed by atoms with E-state index in [1.165, 1.54) is 6.20 Å². The predicted octanol–water partition coefficient (Wildman–Crippen LogP) is 3.75. The summed E-state index contributed by atoms with van der Waals surface area (Å²) in [4.78, 5) is 15.7. The molecule has 1 amide bonds. The van der Waals surface area contributed by atoms with Crippen LogP contribution in [-0.2, 0) is 0 Å². The topological polar surface area (TPSA) is 42.0 Å². The summed E-state index contributed by atoms with van der Waals surface area (Å²) >= 11 is 9.15. The Morgan fingerprint density at radius 2 is 2.18 bits per heavy atom. The Hall–Kier alpha value is -1.39. The highest BCUT2D eigenvalue weighted by Gasteiger charge is 2.08. The van der Waals surface area contributed by atoms with E-state index in [-0.39, 0.29) is 5.91 Å². The smallest absolute Gasteiger partial charge is 0.257 e. The number of carbonyl (C=O) groups excluding carboxylic acids is 1. The van der Waals surface area contributed by atoms with Crippen LogP contribution in [0, 0.1) is 0 Å². The SMILES string of the molecule is O=C(Nc1ccc(Cl)cc1Br)c1cccnc1. The minimum absolute atomic E-state index is 0.207. The van der Waals surface area contributed by atoms with Crippen LogP contribution in [0.4, 0.5) is 5.69 Å². The molecule has 5 heteroatoms. The highest BCUT2D eigenvalue weighted by molar-refractivity contribution is 9.10. The summed E-state index contributed by atoms with van der Waals surface area (Å²) in [5.74, 6) is -0.207. The molecule has 0 unspecified atom stereocenters. The molecular formula is C12H8BrClN2O. The molecule has 1 aromatic carbocycles. The molecule has 0 fully saturated rings. The van der Waals surface area contributed by atoms with E-state index in [1.807, 2.05) is 0 Å². The van der Waals surface area contributed by atoms with Crippen LogP contribution in [0.2, 0.25) is 5.02 Å². The molecule has 0 spiro atoms. The Labute approximate surface area is 112 Å². The molecule has 0 aliphatic rings. The predicted molar refractivity (Wildman–Crippen MR) is 71.3 cm³/mol. The van der Waals surface area contributed by atoms with Gasteiger partial charge in [0.1, 0.15) is 0 Å². The van der Waals surface area contributed by atoms with Crippen molar-refractivity contribution in [2.24, 2.45) is 0 Å². The van der Waals surface area contributed by atoms with Crippen molar-refractivity contribution < 1.29 is 4.79 Å². The van der Waals surface area contributed by atoms with E-state index >= 15 is 0 Å². The highest BCUT2D eigenvalue weighted by Crippen LogP contribution is 2.26. The number of hydrogen-bond donors (Lipinski definition) is 1. The monoisotopic (exact) mass is 310 g/mol. The quantitative estimate of drug-likeness (QED) is 0.918. The van der Waals surface area contributed by atoms with E-state index in [0.717, 1.165) is 4.47 Å². The third-order valence-corrected chi connectivity index (χ3v) is 2.99. The fraction of sp³-hybridized carbons (Fsp3) is 0. The number of nitrogens with zero attached hydrogens (tertiary/aromatic N) is 1. The van der Waals surface area contributed by atoms with Gasteiger partial charge in [-0.15, -0.1) is 0 Å². The van der Waals surface area contributed by atoms with Crippen molar-refractivity contribution in [3.63, 3.8) is 0 Å². The van der Waals surface area contributed by atoms with Gasteiger partial charge < -0.3 is 5.32 Å². The van der Waals surface area contributed by atoms with Crippen LogP contribution in [-0.4, -0.2) is 10.9 Å². The average Bonchev–Trinajstić information content (AvgIpc) is 2.34. The Morgan fingerprint density at radius 3 is 2.82 bits per heavy atom. The first-order valence-corrected chi connectivity index (χ1v) is 6.00. The van der Waals surface area contributed by atoms with E-state index in [1.54, 1.807) is 36.5 Å². The van der Waals surface area contributed by atoms with E-state index in [0.29, 0.717) is 16.3 Å². The van der Waals surface area contributed by atoms with Gasteiger partial charge in [0.05, 0.1) is 11.3 Å². The zero-order valence-corrected chi connectivity index (χ0v) is 11.0. The second-order valence-electron chi connectivity index (χ2n) is 3.32. The number of aromatic nitrogens is 1. The summed E-state index contributed by atoms with van der Waals surface area (Å²) in [6, 6.07) is 8.59. The van der Waals surface area contributed by atoms with Gasteiger partial charge in [0.25, 0.3) is 5.91 Å². The fourth-order valence-electron chi connectivity index (χ4n) is 1.28. The molecule has 86 valence electrons. The second-order valence-corrected chi connectivity index (χ2v) is 4.61. The molecule has 3 nitrogen and oxygen atoms in total. The molecule has 0 aliphatic heterocycles. The van der Waals surface area contributed by atoms with Gasteiger partial charge in [0.2, 0.25) is 0 Å². The van der Waals surface area contributed by atoms with Crippen LogP contribution in [0.5, 0.6) is 0 Å². The normalized spacial score (nSPS) is 10.0. The summed E-state index contributed by atoms with van der Waals surface area (Å²) in [6.07, 6.45) is 3.13. The number of nitrogens with one attached hydrogen (secondary N) is 1. The number of anilines is 1. The summed E-state index contributed by atoms with van der Waals surface area (Å²) < 4.78 is 0.738. The van der Waals surface area contributed by atoms with E-state index in [2.05, 4.69) is 26.2 Å². The van der Waals surface area contributed by atoms with Gasteiger partial charge in [-0.05, 0) is 46.3 Å². The Balaban J connectivity index is 2.19. The second kappa shape index (κ2) is 5.29. The van der Waals surface area contributed by atoms with Crippen LogP contribution >= 0.6 is 27.5 Å². The van der Waals surface area contributed by atoms with Crippen LogP contribution < -0.4 is 5.32 Å². The maximum Gasteiger partial charge on any atom is 0.257 e. The molecule has 17 heavy (non-hydrogen) atoms. The lowest BCUT2D eigenvalue weighted by Gasteiger charge is -2.07. The Morgan fingerprint density at radius 1 is 1.35 bits per heavy atom. The number of amides is 1. The minimum atomic E-state index is -0.207. The van der Waals surface area contributed by atoms with E-state index < -0.39 is 0 Å². The minimum Gasteiger partial charge on any atom is -0.321 e. The third kappa shape index (κ3) is 3.05. The van der Waals surface area contributed by atoms with Gasteiger partial charge in [-0.2, -0.15) is 0 Å². The summed E-state index contributed by atoms with van der Waals surface area (Å²) in [6.45, 7) is 0. The van der Waals surface area contributed by atoms with Gasteiger partial charge in [0, 0.05) is 21.9 Å². The molecule has 0 radical (unpaired) electrons. The molecule has 1 heterocycles. The molecule has 0 saturated carbocycles. The summed E-state index contributed by atoms with van der Waals surface area (Å²) in [5.41, 5.74) is 1.18. The molecule has 0 saturated heterocycles. The molecule has 2 rings (SSSR count). The lowest BCUT2D eigenvalue weighted by atomic mass is 10.2. The molecular weight excluding hydrogens is 304 g/mol. The average molecular weight is 312 g/mol. The van der Waals surface area contributed by atoms with Crippen molar-refractivity contribution in [2.75, 3.05) is 5.32 Å². The molecule has 0 atom stereocenters. The molecule has 0 aliphatic carbocycles. The van der Waals surface area contributed by atoms with Gasteiger partial charge in [-0.1, -0.05) is 11.6 Å². The molecule has 1 N–H and O–H groups in total. The molecule has 0 bridgehead atoms. The standard InChI is InChI=1S/C12H8BrClN2O/c13-10-6-9(14)3-4-11(10)16-12(17)8-2-1-5-15-7-8/h1-7H,(H,16,17). The van der Waals surface area contributed by atoms with Crippen LogP contribution in [0.3, 0.4) is 0 Å². The number of hydrogen-bond acceptors (Lipinski definition) is 2. The van der Waals surface area contributed by atoms with Crippen LogP contribution in [0.1, 0.15) is 10.4 Å². The lowest BCUT2D eigenvalue weighted by Crippen LogP contribution is -2.12. The Bertz CT molecular complexity index is 545. The highest BCUT2D eigenvalue weighted by atomic mass is 79.9. The van der Waals surface area contributed by atoms with E-state index in [4.69, 9.17) is 11.6 Å². The zero-order valence-electron chi connectivity index (χ0n) is 8.65. The van der Waals surface area contributed by atoms with Crippen molar-refractivity contribution in [1.82, 2.24) is 4.98 Å². The number of rotatable bonds is 2. The van der Waals surface area contributed by atoms with Crippen LogP contribution in [0.25, 0.3) is 0 Å². The van der Waals surface area contributed by atoms with Gasteiger partial charge in [0.15, 0.2) is 0 Å².